The monoisotopic (exact) mass is 489 g/mol. The molecular weight excluding hydrogens is 473 g/mol. The van der Waals surface area contributed by atoms with E-state index in [1.807, 2.05) is 30.5 Å². The molecule has 9 heteroatoms. The molecule has 4 aromatic rings. The standard InChI is InChI=1S/C25H16FN3O3S2/c26-18-10-8-16(9-11-18)14-27-15-17(21-6-1-2-7-22(21)27)12-23-24(30)28(25(33)34-23)19-4-3-5-20(13-19)29(31)32/h1-13,15H,14H2/b23-12+. The number of anilines is 1. The molecule has 0 atom stereocenters. The van der Waals surface area contributed by atoms with Crippen LogP contribution >= 0.6 is 24.0 Å². The van der Waals surface area contributed by atoms with Gasteiger partial charge in [0.05, 0.1) is 15.5 Å². The number of non-ortho nitro benzene ring substituents is 1. The molecule has 168 valence electrons. The lowest BCUT2D eigenvalue weighted by atomic mass is 10.1. The Morgan fingerprint density at radius 1 is 1.06 bits per heavy atom. The van der Waals surface area contributed by atoms with Crippen LogP contribution in [0.25, 0.3) is 17.0 Å². The fourth-order valence-corrected chi connectivity index (χ4v) is 5.17. The van der Waals surface area contributed by atoms with E-state index in [4.69, 9.17) is 12.2 Å². The van der Waals surface area contributed by atoms with Crippen LogP contribution in [0.3, 0.4) is 0 Å². The molecule has 6 nitrogen and oxygen atoms in total. The second-order valence-corrected chi connectivity index (χ2v) is 9.33. The van der Waals surface area contributed by atoms with Gasteiger partial charge in [-0.3, -0.25) is 19.8 Å². The van der Waals surface area contributed by atoms with Crippen LogP contribution in [-0.4, -0.2) is 19.7 Å². The summed E-state index contributed by atoms with van der Waals surface area (Å²) in [7, 11) is 0. The number of amides is 1. The molecule has 2 heterocycles. The highest BCUT2D eigenvalue weighted by atomic mass is 32.2. The lowest BCUT2D eigenvalue weighted by Crippen LogP contribution is -2.27. The van der Waals surface area contributed by atoms with Gasteiger partial charge in [0.2, 0.25) is 0 Å². The van der Waals surface area contributed by atoms with Crippen LogP contribution in [0.2, 0.25) is 0 Å². The second-order valence-electron chi connectivity index (χ2n) is 7.65. The molecule has 0 bridgehead atoms. The minimum Gasteiger partial charge on any atom is -0.342 e. The number of carbonyl (C=O) groups is 1. The van der Waals surface area contributed by atoms with E-state index in [9.17, 15) is 19.3 Å². The molecule has 5 rings (SSSR count). The second kappa shape index (κ2) is 8.85. The molecule has 0 unspecified atom stereocenters. The summed E-state index contributed by atoms with van der Waals surface area (Å²) in [6, 6.07) is 20.0. The molecule has 1 aliphatic rings. The maximum Gasteiger partial charge on any atom is 0.271 e. The topological polar surface area (TPSA) is 68.4 Å². The van der Waals surface area contributed by atoms with Crippen molar-refractivity contribution in [3.63, 3.8) is 0 Å². The van der Waals surface area contributed by atoms with Gasteiger partial charge in [0.25, 0.3) is 11.6 Å². The molecule has 1 aromatic heterocycles. The van der Waals surface area contributed by atoms with E-state index in [2.05, 4.69) is 4.57 Å². The van der Waals surface area contributed by atoms with Crippen molar-refractivity contribution in [1.29, 1.82) is 0 Å². The number of benzene rings is 3. The Balaban J connectivity index is 1.50. The molecule has 1 fully saturated rings. The summed E-state index contributed by atoms with van der Waals surface area (Å²) in [5.41, 5.74) is 3.02. The first-order chi connectivity index (χ1) is 16.4. The number of hydrogen-bond donors (Lipinski definition) is 0. The van der Waals surface area contributed by atoms with Crippen molar-refractivity contribution in [3.8, 4) is 0 Å². The molecule has 0 saturated carbocycles. The van der Waals surface area contributed by atoms with E-state index in [-0.39, 0.29) is 17.4 Å². The predicted molar refractivity (Wildman–Crippen MR) is 136 cm³/mol. The van der Waals surface area contributed by atoms with E-state index in [0.29, 0.717) is 21.5 Å². The zero-order chi connectivity index (χ0) is 23.8. The fraction of sp³-hybridized carbons (Fsp3) is 0.0400. The summed E-state index contributed by atoms with van der Waals surface area (Å²) >= 11 is 6.58. The third-order valence-corrected chi connectivity index (χ3v) is 6.77. The fourth-order valence-electron chi connectivity index (χ4n) is 3.88. The minimum atomic E-state index is -0.507. The summed E-state index contributed by atoms with van der Waals surface area (Å²) < 4.78 is 15.7. The zero-order valence-corrected chi connectivity index (χ0v) is 19.2. The zero-order valence-electron chi connectivity index (χ0n) is 17.6. The van der Waals surface area contributed by atoms with Gasteiger partial charge >= 0.3 is 0 Å². The highest BCUT2D eigenvalue weighted by Crippen LogP contribution is 2.38. The van der Waals surface area contributed by atoms with E-state index in [0.717, 1.165) is 33.8 Å². The van der Waals surface area contributed by atoms with Gasteiger partial charge < -0.3 is 4.57 Å². The molecule has 3 aromatic carbocycles. The van der Waals surface area contributed by atoms with E-state index in [1.165, 1.54) is 35.2 Å². The van der Waals surface area contributed by atoms with Crippen molar-refractivity contribution in [1.82, 2.24) is 4.57 Å². The van der Waals surface area contributed by atoms with Gasteiger partial charge in [-0.1, -0.05) is 60.4 Å². The Kier molecular flexibility index (Phi) is 5.72. The van der Waals surface area contributed by atoms with Gasteiger partial charge in [0.15, 0.2) is 4.32 Å². The van der Waals surface area contributed by atoms with Gasteiger partial charge in [0.1, 0.15) is 5.82 Å². The minimum absolute atomic E-state index is 0.112. The Hall–Kier alpha value is -3.82. The molecule has 0 radical (unpaired) electrons. The van der Waals surface area contributed by atoms with Crippen LogP contribution in [0, 0.1) is 15.9 Å². The van der Waals surface area contributed by atoms with Crippen LogP contribution in [-0.2, 0) is 11.3 Å². The number of carbonyl (C=O) groups excluding carboxylic acids is 1. The van der Waals surface area contributed by atoms with Crippen LogP contribution in [0.1, 0.15) is 11.1 Å². The number of fused-ring (bicyclic) bond motifs is 1. The average molecular weight is 490 g/mol. The summed E-state index contributed by atoms with van der Waals surface area (Å²) in [5, 5.41) is 12.1. The average Bonchev–Trinajstić information content (AvgIpc) is 3.31. The number of hydrogen-bond acceptors (Lipinski definition) is 5. The molecule has 0 N–H and O–H groups in total. The van der Waals surface area contributed by atoms with Crippen molar-refractivity contribution in [2.24, 2.45) is 0 Å². The largest absolute Gasteiger partial charge is 0.342 e. The quantitative estimate of drug-likeness (QED) is 0.146. The molecule has 0 spiro atoms. The Morgan fingerprint density at radius 2 is 1.82 bits per heavy atom. The van der Waals surface area contributed by atoms with Gasteiger partial charge in [-0.2, -0.15) is 0 Å². The van der Waals surface area contributed by atoms with Crippen molar-refractivity contribution in [2.75, 3.05) is 4.90 Å². The smallest absolute Gasteiger partial charge is 0.271 e. The number of nitrogens with zero attached hydrogens (tertiary/aromatic N) is 3. The number of nitro benzene ring substituents is 1. The first-order valence-electron chi connectivity index (χ1n) is 10.3. The van der Waals surface area contributed by atoms with Crippen LogP contribution in [0.15, 0.2) is 83.9 Å². The highest BCUT2D eigenvalue weighted by Gasteiger charge is 2.34. The molecule has 1 aliphatic heterocycles. The van der Waals surface area contributed by atoms with Crippen LogP contribution in [0.4, 0.5) is 15.8 Å². The first kappa shape index (κ1) is 22.0. The van der Waals surface area contributed by atoms with E-state index < -0.39 is 4.92 Å². The lowest BCUT2D eigenvalue weighted by molar-refractivity contribution is -0.384. The van der Waals surface area contributed by atoms with Crippen molar-refractivity contribution in [3.05, 3.63) is 111 Å². The van der Waals surface area contributed by atoms with Crippen molar-refractivity contribution in [2.45, 2.75) is 6.54 Å². The molecule has 1 saturated heterocycles. The Morgan fingerprint density at radius 3 is 2.59 bits per heavy atom. The van der Waals surface area contributed by atoms with Crippen molar-refractivity contribution < 1.29 is 14.1 Å². The van der Waals surface area contributed by atoms with Gasteiger partial charge in [-0.15, -0.1) is 0 Å². The summed E-state index contributed by atoms with van der Waals surface area (Å²) in [6.45, 7) is 0.545. The molecule has 0 aliphatic carbocycles. The van der Waals surface area contributed by atoms with Gasteiger partial charge in [-0.05, 0) is 35.9 Å². The number of aromatic nitrogens is 1. The predicted octanol–water partition coefficient (Wildman–Crippen LogP) is 6.14. The third-order valence-electron chi connectivity index (χ3n) is 5.46. The number of thiocarbonyl (C=S) groups is 1. The number of rotatable bonds is 5. The molecule has 1 amide bonds. The van der Waals surface area contributed by atoms with Gasteiger partial charge in [0, 0.05) is 41.3 Å². The van der Waals surface area contributed by atoms with Crippen molar-refractivity contribution >= 4 is 62.6 Å². The molecule has 34 heavy (non-hydrogen) atoms. The Labute approximate surface area is 203 Å². The number of nitro groups is 1. The maximum absolute atomic E-state index is 13.3. The van der Waals surface area contributed by atoms with E-state index >= 15 is 0 Å². The Bertz CT molecular complexity index is 1500. The lowest BCUT2D eigenvalue weighted by Gasteiger charge is -2.13. The first-order valence-corrected chi connectivity index (χ1v) is 11.5. The number of thioether (sulfide) groups is 1. The van der Waals surface area contributed by atoms with Gasteiger partial charge in [-0.25, -0.2) is 4.39 Å². The van der Waals surface area contributed by atoms with Crippen LogP contribution in [0.5, 0.6) is 0 Å². The molecular formula is C25H16FN3O3S2. The normalized spacial score (nSPS) is 15.0. The number of para-hydroxylation sites is 1. The van der Waals surface area contributed by atoms with Crippen LogP contribution < -0.4 is 4.90 Å². The van der Waals surface area contributed by atoms with E-state index in [1.54, 1.807) is 24.3 Å². The highest BCUT2D eigenvalue weighted by molar-refractivity contribution is 8.27. The third kappa shape index (κ3) is 4.11. The summed E-state index contributed by atoms with van der Waals surface area (Å²) in [5.74, 6) is -0.613. The maximum atomic E-state index is 13.3. The summed E-state index contributed by atoms with van der Waals surface area (Å²) in [6.07, 6.45) is 3.74. The number of halogens is 1. The SMILES string of the molecule is O=C1/C(=C\c2cn(Cc3ccc(F)cc3)c3ccccc23)SC(=S)N1c1cccc([N+](=O)[O-])c1. The summed E-state index contributed by atoms with van der Waals surface area (Å²) in [4.78, 5) is 25.6.